The summed E-state index contributed by atoms with van der Waals surface area (Å²) in [6.07, 6.45) is 0. The van der Waals surface area contributed by atoms with E-state index in [0.717, 1.165) is 19.6 Å². The van der Waals surface area contributed by atoms with Crippen LogP contribution in [0.2, 0.25) is 0 Å². The van der Waals surface area contributed by atoms with Gasteiger partial charge in [-0.2, -0.15) is 4.31 Å². The molecule has 20 heavy (non-hydrogen) atoms. The van der Waals surface area contributed by atoms with Crippen LogP contribution >= 0.6 is 0 Å². The lowest BCUT2D eigenvalue weighted by Crippen LogP contribution is -2.48. The second-order valence-corrected chi connectivity index (χ2v) is 6.72. The van der Waals surface area contributed by atoms with Gasteiger partial charge in [-0.1, -0.05) is 19.1 Å². The molecule has 1 heterocycles. The maximum atomic E-state index is 12.5. The Morgan fingerprint density at radius 2 is 1.85 bits per heavy atom. The molecule has 0 aromatic heterocycles. The van der Waals surface area contributed by atoms with Gasteiger partial charge in [-0.25, -0.2) is 8.42 Å². The van der Waals surface area contributed by atoms with E-state index in [1.54, 1.807) is 0 Å². The van der Waals surface area contributed by atoms with Crippen molar-refractivity contribution in [1.82, 2.24) is 9.21 Å². The highest BCUT2D eigenvalue weighted by Gasteiger charge is 2.28. The van der Waals surface area contributed by atoms with Crippen molar-refractivity contribution in [1.29, 1.82) is 0 Å². The number of nitrogens with zero attached hydrogens (tertiary/aromatic N) is 2. The number of sulfonamides is 1. The van der Waals surface area contributed by atoms with Gasteiger partial charge in [-0.3, -0.25) is 0 Å². The normalized spacial score (nSPS) is 18.1. The number of benzene rings is 1. The first-order chi connectivity index (χ1) is 9.45. The van der Waals surface area contributed by atoms with Crippen molar-refractivity contribution in [2.24, 2.45) is 0 Å². The third kappa shape index (κ3) is 3.21. The van der Waals surface area contributed by atoms with Gasteiger partial charge < -0.3 is 14.9 Å². The van der Waals surface area contributed by atoms with Crippen LogP contribution in [0, 0.1) is 0 Å². The van der Waals surface area contributed by atoms with Crippen molar-refractivity contribution in [3.63, 3.8) is 0 Å². The fourth-order valence-corrected chi connectivity index (χ4v) is 3.75. The molecule has 0 radical (unpaired) electrons. The van der Waals surface area contributed by atoms with E-state index >= 15 is 0 Å². The van der Waals surface area contributed by atoms with Crippen molar-refractivity contribution in [3.8, 4) is 0 Å². The Hall–Kier alpha value is -0.925. The summed E-state index contributed by atoms with van der Waals surface area (Å²) in [6, 6.07) is 5.79. The first kappa shape index (κ1) is 15.5. The molecule has 1 aliphatic heterocycles. The van der Waals surface area contributed by atoms with Crippen molar-refractivity contribution in [2.45, 2.75) is 11.8 Å². The minimum absolute atomic E-state index is 0.105. The summed E-state index contributed by atoms with van der Waals surface area (Å²) in [6.45, 7) is 5.33. The minimum atomic E-state index is -3.57. The highest BCUT2D eigenvalue weighted by molar-refractivity contribution is 7.89. The predicted molar refractivity (Wildman–Crippen MR) is 77.1 cm³/mol. The molecule has 1 saturated heterocycles. The second-order valence-electron chi connectivity index (χ2n) is 4.78. The maximum absolute atomic E-state index is 12.5. The topological polar surface area (TPSA) is 81.1 Å². The zero-order valence-electron chi connectivity index (χ0n) is 11.4. The Morgan fingerprint density at radius 3 is 2.40 bits per heavy atom. The van der Waals surface area contributed by atoms with Gasteiger partial charge in [-0.05, 0) is 24.1 Å². The van der Waals surface area contributed by atoms with E-state index in [2.05, 4.69) is 11.8 Å². The van der Waals surface area contributed by atoms with E-state index < -0.39 is 17.1 Å². The van der Waals surface area contributed by atoms with E-state index in [0.29, 0.717) is 13.1 Å². The molecule has 110 valence electrons. The van der Waals surface area contributed by atoms with Crippen LogP contribution in [-0.2, 0) is 10.0 Å². The third-order valence-corrected chi connectivity index (χ3v) is 5.47. The van der Waals surface area contributed by atoms with Gasteiger partial charge in [0.1, 0.15) is 0 Å². The van der Waals surface area contributed by atoms with Crippen molar-refractivity contribution < 1.29 is 18.5 Å². The minimum Gasteiger partial charge on any atom is -0.423 e. The van der Waals surface area contributed by atoms with Crippen molar-refractivity contribution >= 4 is 22.6 Å². The SMILES string of the molecule is CCN1CCN(S(=O)(=O)c2cccc(B(O)O)c2)CC1. The number of hydrogen-bond donors (Lipinski definition) is 2. The molecule has 1 aromatic rings. The van der Waals surface area contributed by atoms with E-state index in [1.807, 2.05) is 0 Å². The summed E-state index contributed by atoms with van der Waals surface area (Å²) in [7, 11) is -5.23. The molecule has 6 nitrogen and oxygen atoms in total. The van der Waals surface area contributed by atoms with Crippen LogP contribution in [0.1, 0.15) is 6.92 Å². The van der Waals surface area contributed by atoms with Crippen LogP contribution < -0.4 is 5.46 Å². The molecular weight excluding hydrogens is 279 g/mol. The average molecular weight is 298 g/mol. The smallest absolute Gasteiger partial charge is 0.423 e. The molecule has 0 amide bonds. The zero-order chi connectivity index (χ0) is 14.8. The first-order valence-corrected chi connectivity index (χ1v) is 8.07. The number of rotatable bonds is 4. The van der Waals surface area contributed by atoms with Gasteiger partial charge in [0.05, 0.1) is 4.90 Å². The molecule has 0 spiro atoms. The van der Waals surface area contributed by atoms with Gasteiger partial charge in [0.2, 0.25) is 10.0 Å². The maximum Gasteiger partial charge on any atom is 0.488 e. The summed E-state index contributed by atoms with van der Waals surface area (Å²) in [5, 5.41) is 18.3. The van der Waals surface area contributed by atoms with Crippen LogP contribution in [0.4, 0.5) is 0 Å². The van der Waals surface area contributed by atoms with E-state index in [9.17, 15) is 8.42 Å². The van der Waals surface area contributed by atoms with Crippen LogP contribution in [0.5, 0.6) is 0 Å². The Labute approximate surface area is 119 Å². The van der Waals surface area contributed by atoms with Crippen LogP contribution in [0.15, 0.2) is 29.2 Å². The summed E-state index contributed by atoms with van der Waals surface area (Å²) in [4.78, 5) is 2.30. The highest BCUT2D eigenvalue weighted by atomic mass is 32.2. The van der Waals surface area contributed by atoms with Crippen molar-refractivity contribution in [2.75, 3.05) is 32.7 Å². The zero-order valence-corrected chi connectivity index (χ0v) is 12.3. The number of hydrogen-bond acceptors (Lipinski definition) is 5. The Balaban J connectivity index is 2.20. The molecular formula is C12H19BN2O4S. The number of piperazine rings is 1. The molecule has 0 aliphatic carbocycles. The van der Waals surface area contributed by atoms with Crippen LogP contribution in [0.25, 0.3) is 0 Å². The molecule has 1 aromatic carbocycles. The average Bonchev–Trinajstić information content (AvgIpc) is 2.47. The fraction of sp³-hybridized carbons (Fsp3) is 0.500. The molecule has 0 unspecified atom stereocenters. The molecule has 0 bridgehead atoms. The van der Waals surface area contributed by atoms with E-state index in [4.69, 9.17) is 10.0 Å². The monoisotopic (exact) mass is 298 g/mol. The quantitative estimate of drug-likeness (QED) is 0.675. The Morgan fingerprint density at radius 1 is 1.20 bits per heavy atom. The lowest BCUT2D eigenvalue weighted by Gasteiger charge is -2.33. The standard InChI is InChI=1S/C12H19BN2O4S/c1-2-14-6-8-15(9-7-14)20(18,19)12-5-3-4-11(10-12)13(16)17/h3-5,10,16-17H,2,6-9H2,1H3. The molecule has 1 fully saturated rings. The second kappa shape index (κ2) is 6.23. The van der Waals surface area contributed by atoms with Gasteiger partial charge in [-0.15, -0.1) is 0 Å². The molecule has 1 aliphatic rings. The van der Waals surface area contributed by atoms with Crippen LogP contribution in [0.3, 0.4) is 0 Å². The van der Waals surface area contributed by atoms with E-state index in [-0.39, 0.29) is 10.4 Å². The Bertz CT molecular complexity index is 556. The van der Waals surface area contributed by atoms with E-state index in [1.165, 1.54) is 28.6 Å². The summed E-state index contributed by atoms with van der Waals surface area (Å²) in [5.41, 5.74) is 0.179. The molecule has 0 atom stereocenters. The van der Waals surface area contributed by atoms with Crippen LogP contribution in [-0.4, -0.2) is 67.5 Å². The summed E-state index contributed by atoms with van der Waals surface area (Å²) >= 11 is 0. The number of likely N-dealkylation sites (N-methyl/N-ethyl adjacent to an activating group) is 1. The van der Waals surface area contributed by atoms with Gasteiger partial charge >= 0.3 is 7.12 Å². The van der Waals surface area contributed by atoms with Crippen molar-refractivity contribution in [3.05, 3.63) is 24.3 Å². The van der Waals surface area contributed by atoms with Gasteiger partial charge in [0.25, 0.3) is 0 Å². The largest absolute Gasteiger partial charge is 0.488 e. The lowest BCUT2D eigenvalue weighted by atomic mass is 9.80. The molecule has 2 rings (SSSR count). The lowest BCUT2D eigenvalue weighted by molar-refractivity contribution is 0.196. The third-order valence-electron chi connectivity index (χ3n) is 3.57. The fourth-order valence-electron chi connectivity index (χ4n) is 2.27. The molecule has 2 N–H and O–H groups in total. The summed E-state index contributed by atoms with van der Waals surface area (Å²) in [5.74, 6) is 0. The predicted octanol–water partition coefficient (Wildman–Crippen LogP) is -1.31. The Kier molecular flexibility index (Phi) is 4.82. The highest BCUT2D eigenvalue weighted by Crippen LogP contribution is 2.16. The summed E-state index contributed by atoms with van der Waals surface area (Å²) < 4.78 is 26.4. The molecule has 8 heteroatoms. The molecule has 0 saturated carbocycles. The van der Waals surface area contributed by atoms with Gasteiger partial charge in [0.15, 0.2) is 0 Å². The van der Waals surface area contributed by atoms with Gasteiger partial charge in [0, 0.05) is 26.2 Å². The first-order valence-electron chi connectivity index (χ1n) is 6.63.